The molecule has 0 aliphatic carbocycles. The van der Waals surface area contributed by atoms with Gasteiger partial charge in [-0.3, -0.25) is 0 Å². The second-order valence-electron chi connectivity index (χ2n) is 3.22. The highest BCUT2D eigenvalue weighted by Crippen LogP contribution is 2.01. The van der Waals surface area contributed by atoms with Gasteiger partial charge in [-0.15, -0.1) is 0 Å². The van der Waals surface area contributed by atoms with Gasteiger partial charge in [0, 0.05) is 11.6 Å². The zero-order valence-corrected chi connectivity index (χ0v) is 9.49. The average molecular weight is 214 g/mol. The number of carbonyl (C=O) groups excluding carboxylic acids is 1. The highest BCUT2D eigenvalue weighted by Gasteiger charge is 1.90. The second kappa shape index (κ2) is 6.47. The number of aryl methyl sites for hydroxylation is 1. The third-order valence-corrected chi connectivity index (χ3v) is 1.82. The van der Waals surface area contributed by atoms with Crippen molar-refractivity contribution in [3.63, 3.8) is 0 Å². The maximum absolute atomic E-state index is 10.9. The van der Waals surface area contributed by atoms with Crippen molar-refractivity contribution in [2.24, 2.45) is 0 Å². The van der Waals surface area contributed by atoms with Gasteiger partial charge in [0.25, 0.3) is 0 Å². The maximum Gasteiger partial charge on any atom is 0.331 e. The molecular formula is C14H14O2. The molecule has 0 bridgehead atoms. The Labute approximate surface area is 95.9 Å². The molecule has 0 atom stereocenters. The van der Waals surface area contributed by atoms with E-state index in [0.29, 0.717) is 6.61 Å². The smallest absolute Gasteiger partial charge is 0.331 e. The number of allylic oxidation sites excluding steroid dienone is 1. The van der Waals surface area contributed by atoms with Crippen LogP contribution >= 0.6 is 0 Å². The molecule has 1 rings (SSSR count). The Hall–Kier alpha value is -2.01. The van der Waals surface area contributed by atoms with E-state index in [0.717, 1.165) is 5.56 Å². The predicted octanol–water partition coefficient (Wildman–Crippen LogP) is 2.47. The second-order valence-corrected chi connectivity index (χ2v) is 3.22. The van der Waals surface area contributed by atoms with Gasteiger partial charge in [0.1, 0.15) is 0 Å². The van der Waals surface area contributed by atoms with Crippen LogP contribution in [-0.4, -0.2) is 12.6 Å². The number of hydrogen-bond donors (Lipinski definition) is 0. The standard InChI is InChI=1S/C14H14O2/c1-3-16-14(15)10-5-4-8-13-9-6-7-12(2)11-13/h5-7,9-11H,3H2,1-2H3/b10-5-. The number of hydrogen-bond acceptors (Lipinski definition) is 2. The zero-order chi connectivity index (χ0) is 11.8. The Balaban J connectivity index is 2.59. The van der Waals surface area contributed by atoms with E-state index in [4.69, 9.17) is 4.74 Å². The van der Waals surface area contributed by atoms with Crippen molar-refractivity contribution in [3.05, 3.63) is 47.5 Å². The van der Waals surface area contributed by atoms with Crippen molar-refractivity contribution in [2.75, 3.05) is 6.61 Å². The molecule has 0 aliphatic heterocycles. The highest BCUT2D eigenvalue weighted by molar-refractivity contribution is 5.82. The minimum Gasteiger partial charge on any atom is -0.463 e. The number of rotatable bonds is 2. The van der Waals surface area contributed by atoms with E-state index in [1.54, 1.807) is 6.92 Å². The van der Waals surface area contributed by atoms with Crippen LogP contribution in [-0.2, 0) is 9.53 Å². The first-order valence-electron chi connectivity index (χ1n) is 5.14. The fourth-order valence-electron chi connectivity index (χ4n) is 1.15. The molecule has 2 nitrogen and oxygen atoms in total. The summed E-state index contributed by atoms with van der Waals surface area (Å²) in [5, 5.41) is 0. The van der Waals surface area contributed by atoms with Crippen LogP contribution in [0.2, 0.25) is 0 Å². The van der Waals surface area contributed by atoms with Gasteiger partial charge in [0.05, 0.1) is 6.61 Å². The van der Waals surface area contributed by atoms with Crippen LogP contribution < -0.4 is 0 Å². The molecule has 0 aliphatic rings. The topological polar surface area (TPSA) is 26.3 Å². The van der Waals surface area contributed by atoms with Gasteiger partial charge in [0.2, 0.25) is 0 Å². The van der Waals surface area contributed by atoms with Gasteiger partial charge >= 0.3 is 5.97 Å². The molecule has 0 aromatic heterocycles. The summed E-state index contributed by atoms with van der Waals surface area (Å²) in [5.74, 6) is 5.37. The maximum atomic E-state index is 10.9. The lowest BCUT2D eigenvalue weighted by Gasteiger charge is -1.92. The van der Waals surface area contributed by atoms with Crippen LogP contribution in [0.1, 0.15) is 18.1 Å². The summed E-state index contributed by atoms with van der Waals surface area (Å²) >= 11 is 0. The summed E-state index contributed by atoms with van der Waals surface area (Å²) in [6.45, 7) is 4.16. The van der Waals surface area contributed by atoms with Crippen LogP contribution in [0.3, 0.4) is 0 Å². The number of ether oxygens (including phenoxy) is 1. The first kappa shape index (κ1) is 12.1. The van der Waals surface area contributed by atoms with Gasteiger partial charge in [0.15, 0.2) is 0 Å². The number of esters is 1. The van der Waals surface area contributed by atoms with E-state index in [9.17, 15) is 4.79 Å². The molecule has 1 aromatic rings. The number of benzene rings is 1. The molecule has 0 amide bonds. The first-order valence-corrected chi connectivity index (χ1v) is 5.14. The molecule has 82 valence electrons. The summed E-state index contributed by atoms with van der Waals surface area (Å²) in [6.07, 6.45) is 2.83. The zero-order valence-electron chi connectivity index (χ0n) is 9.49. The molecule has 0 N–H and O–H groups in total. The lowest BCUT2D eigenvalue weighted by Crippen LogP contribution is -1.98. The fourth-order valence-corrected chi connectivity index (χ4v) is 1.15. The normalized spacial score (nSPS) is 9.62. The molecule has 0 fully saturated rings. The van der Waals surface area contributed by atoms with Crippen LogP contribution in [0.15, 0.2) is 36.4 Å². The van der Waals surface area contributed by atoms with Gasteiger partial charge < -0.3 is 4.74 Å². The lowest BCUT2D eigenvalue weighted by molar-refractivity contribution is -0.137. The SMILES string of the molecule is CCOC(=O)/C=C\C#Cc1cccc(C)c1. The minimum absolute atomic E-state index is 0.360. The Kier molecular flexibility index (Phi) is 4.88. The Morgan fingerprint density at radius 1 is 1.50 bits per heavy atom. The van der Waals surface area contributed by atoms with Gasteiger partial charge in [-0.25, -0.2) is 4.79 Å². The summed E-state index contributed by atoms with van der Waals surface area (Å²) in [7, 11) is 0. The molecule has 0 saturated heterocycles. The third-order valence-electron chi connectivity index (χ3n) is 1.82. The van der Waals surface area contributed by atoms with Crippen LogP contribution in [0.25, 0.3) is 0 Å². The van der Waals surface area contributed by atoms with E-state index in [1.165, 1.54) is 17.7 Å². The first-order chi connectivity index (χ1) is 7.72. The molecule has 0 radical (unpaired) electrons. The van der Waals surface area contributed by atoms with E-state index in [-0.39, 0.29) is 5.97 Å². The average Bonchev–Trinajstić information content (AvgIpc) is 2.25. The minimum atomic E-state index is -0.360. The van der Waals surface area contributed by atoms with Crippen molar-refractivity contribution in [3.8, 4) is 11.8 Å². The van der Waals surface area contributed by atoms with Gasteiger partial charge in [-0.2, -0.15) is 0 Å². The Bertz CT molecular complexity index is 447. The van der Waals surface area contributed by atoms with Gasteiger partial charge in [-0.1, -0.05) is 24.0 Å². The van der Waals surface area contributed by atoms with Crippen LogP contribution in [0, 0.1) is 18.8 Å². The van der Waals surface area contributed by atoms with E-state index in [1.807, 2.05) is 31.2 Å². The van der Waals surface area contributed by atoms with Crippen LogP contribution in [0.4, 0.5) is 0 Å². The van der Waals surface area contributed by atoms with E-state index < -0.39 is 0 Å². The van der Waals surface area contributed by atoms with Crippen molar-refractivity contribution >= 4 is 5.97 Å². The summed E-state index contributed by atoms with van der Waals surface area (Å²) < 4.78 is 4.72. The molecule has 16 heavy (non-hydrogen) atoms. The molecule has 0 saturated carbocycles. The number of carbonyl (C=O) groups is 1. The molecule has 0 spiro atoms. The van der Waals surface area contributed by atoms with Crippen molar-refractivity contribution in [2.45, 2.75) is 13.8 Å². The van der Waals surface area contributed by atoms with Crippen molar-refractivity contribution in [1.82, 2.24) is 0 Å². The van der Waals surface area contributed by atoms with E-state index in [2.05, 4.69) is 11.8 Å². The Morgan fingerprint density at radius 3 is 3.00 bits per heavy atom. The third kappa shape index (κ3) is 4.47. The molecule has 0 heterocycles. The molecule has 2 heteroatoms. The fraction of sp³-hybridized carbons (Fsp3) is 0.214. The largest absolute Gasteiger partial charge is 0.463 e. The Morgan fingerprint density at radius 2 is 2.31 bits per heavy atom. The van der Waals surface area contributed by atoms with Crippen molar-refractivity contribution in [1.29, 1.82) is 0 Å². The summed E-state index contributed by atoms with van der Waals surface area (Å²) in [4.78, 5) is 10.9. The van der Waals surface area contributed by atoms with Crippen LogP contribution in [0.5, 0.6) is 0 Å². The molecular weight excluding hydrogens is 200 g/mol. The van der Waals surface area contributed by atoms with E-state index >= 15 is 0 Å². The molecule has 0 unspecified atom stereocenters. The monoisotopic (exact) mass is 214 g/mol. The lowest BCUT2D eigenvalue weighted by atomic mass is 10.1. The quantitative estimate of drug-likeness (QED) is 0.429. The highest BCUT2D eigenvalue weighted by atomic mass is 16.5. The summed E-state index contributed by atoms with van der Waals surface area (Å²) in [5.41, 5.74) is 2.11. The summed E-state index contributed by atoms with van der Waals surface area (Å²) in [6, 6.07) is 7.89. The van der Waals surface area contributed by atoms with Crippen molar-refractivity contribution < 1.29 is 9.53 Å². The van der Waals surface area contributed by atoms with Gasteiger partial charge in [-0.05, 0) is 37.6 Å². The molecule has 1 aromatic carbocycles. The predicted molar refractivity (Wildman–Crippen MR) is 63.8 cm³/mol.